The topological polar surface area (TPSA) is 81.9 Å². The van der Waals surface area contributed by atoms with Crippen LogP contribution in [-0.4, -0.2) is 37.1 Å². The van der Waals surface area contributed by atoms with E-state index in [9.17, 15) is 4.79 Å². The van der Waals surface area contributed by atoms with Crippen molar-refractivity contribution in [1.29, 1.82) is 0 Å². The van der Waals surface area contributed by atoms with E-state index < -0.39 is 0 Å². The largest absolute Gasteiger partial charge is 0.497 e. The normalized spacial score (nSPS) is 15.6. The fourth-order valence-electron chi connectivity index (χ4n) is 3.12. The highest BCUT2D eigenvalue weighted by Gasteiger charge is 2.21. The minimum absolute atomic E-state index is 0. The van der Waals surface area contributed by atoms with Crippen LogP contribution in [0.25, 0.3) is 5.57 Å². The molecule has 5 nitrogen and oxygen atoms in total. The van der Waals surface area contributed by atoms with Gasteiger partial charge in [0.15, 0.2) is 0 Å². The standard InChI is InChI=1S/C19H28N2O2.ClH.H2O/c1-13(2)21-14(3)12-18-17(6-5-11-20-19(18)22)15-7-9-16(23-4)10-8-15;;/h7-10,13-14,21H,5-6,11-12H2,1-4H3,(H,20,22);1H;1H2. The van der Waals surface area contributed by atoms with E-state index in [2.05, 4.69) is 31.4 Å². The van der Waals surface area contributed by atoms with Crippen molar-refractivity contribution in [2.45, 2.75) is 52.1 Å². The fourth-order valence-corrected chi connectivity index (χ4v) is 3.12. The first-order valence-electron chi connectivity index (χ1n) is 8.42. The Morgan fingerprint density at radius 3 is 2.40 bits per heavy atom. The minimum atomic E-state index is 0. The second-order valence-electron chi connectivity index (χ2n) is 6.47. The van der Waals surface area contributed by atoms with Gasteiger partial charge in [0.2, 0.25) is 5.91 Å². The summed E-state index contributed by atoms with van der Waals surface area (Å²) in [5.41, 5.74) is 3.20. The number of hydrogen-bond acceptors (Lipinski definition) is 3. The predicted octanol–water partition coefficient (Wildman–Crippen LogP) is 2.73. The average Bonchev–Trinajstić information content (AvgIpc) is 2.69. The molecule has 1 unspecified atom stereocenters. The molecule has 1 aromatic rings. The number of rotatable bonds is 6. The molecule has 0 spiro atoms. The van der Waals surface area contributed by atoms with E-state index in [1.54, 1.807) is 7.11 Å². The van der Waals surface area contributed by atoms with Gasteiger partial charge in [-0.1, -0.05) is 26.0 Å². The molecule has 0 aliphatic carbocycles. The van der Waals surface area contributed by atoms with Gasteiger partial charge in [-0.15, -0.1) is 12.4 Å². The third-order valence-electron chi connectivity index (χ3n) is 4.09. The number of hydrogen-bond donors (Lipinski definition) is 2. The summed E-state index contributed by atoms with van der Waals surface area (Å²) < 4.78 is 5.23. The lowest BCUT2D eigenvalue weighted by atomic mass is 9.92. The van der Waals surface area contributed by atoms with Crippen LogP contribution in [0.2, 0.25) is 0 Å². The Bertz CT molecular complexity index is 571. The van der Waals surface area contributed by atoms with Gasteiger partial charge in [-0.3, -0.25) is 4.79 Å². The molecule has 1 atom stereocenters. The monoisotopic (exact) mass is 370 g/mol. The van der Waals surface area contributed by atoms with Crippen LogP contribution < -0.4 is 15.4 Å². The summed E-state index contributed by atoms with van der Waals surface area (Å²) in [6, 6.07) is 8.68. The number of carbonyl (C=O) groups is 1. The summed E-state index contributed by atoms with van der Waals surface area (Å²) >= 11 is 0. The zero-order valence-electron chi connectivity index (χ0n) is 15.5. The van der Waals surface area contributed by atoms with E-state index in [0.717, 1.165) is 42.7 Å². The maximum Gasteiger partial charge on any atom is 0.247 e. The van der Waals surface area contributed by atoms with Crippen molar-refractivity contribution in [3.05, 3.63) is 35.4 Å². The Balaban J connectivity index is 0.00000288. The van der Waals surface area contributed by atoms with E-state index >= 15 is 0 Å². The molecule has 1 aliphatic heterocycles. The molecule has 0 fully saturated rings. The lowest BCUT2D eigenvalue weighted by Crippen LogP contribution is -2.35. The predicted molar refractivity (Wildman–Crippen MR) is 105 cm³/mol. The summed E-state index contributed by atoms with van der Waals surface area (Å²) in [5.74, 6) is 0.912. The second-order valence-corrected chi connectivity index (χ2v) is 6.47. The molecule has 6 heteroatoms. The van der Waals surface area contributed by atoms with Crippen LogP contribution in [0.3, 0.4) is 0 Å². The number of methoxy groups -OCH3 is 1. The number of amides is 1. The van der Waals surface area contributed by atoms with E-state index in [4.69, 9.17) is 4.74 Å². The van der Waals surface area contributed by atoms with Gasteiger partial charge >= 0.3 is 0 Å². The van der Waals surface area contributed by atoms with Crippen molar-refractivity contribution >= 4 is 23.9 Å². The van der Waals surface area contributed by atoms with Gasteiger partial charge in [0, 0.05) is 24.2 Å². The lowest BCUT2D eigenvalue weighted by molar-refractivity contribution is -0.117. The average molecular weight is 371 g/mol. The molecule has 0 saturated carbocycles. The van der Waals surface area contributed by atoms with E-state index in [0.29, 0.717) is 6.04 Å². The highest BCUT2D eigenvalue weighted by Crippen LogP contribution is 2.29. The van der Waals surface area contributed by atoms with Gasteiger partial charge in [-0.05, 0) is 49.5 Å². The van der Waals surface area contributed by atoms with Crippen LogP contribution in [0.15, 0.2) is 29.8 Å². The maximum atomic E-state index is 12.5. The molecule has 2 rings (SSSR count). The molecule has 1 heterocycles. The number of nitrogens with one attached hydrogen (secondary N) is 2. The second kappa shape index (κ2) is 11.1. The summed E-state index contributed by atoms with van der Waals surface area (Å²) in [6.07, 6.45) is 2.64. The third kappa shape index (κ3) is 6.69. The van der Waals surface area contributed by atoms with Crippen molar-refractivity contribution in [3.8, 4) is 5.75 Å². The number of ether oxygens (including phenoxy) is 1. The van der Waals surface area contributed by atoms with Crippen LogP contribution in [0, 0.1) is 0 Å². The molecule has 1 amide bonds. The molecule has 0 aromatic heterocycles. The van der Waals surface area contributed by atoms with Crippen LogP contribution in [0.4, 0.5) is 0 Å². The Labute approximate surface area is 156 Å². The van der Waals surface area contributed by atoms with E-state index in [-0.39, 0.29) is 29.8 Å². The zero-order valence-corrected chi connectivity index (χ0v) is 16.3. The van der Waals surface area contributed by atoms with Gasteiger partial charge in [-0.25, -0.2) is 0 Å². The van der Waals surface area contributed by atoms with Gasteiger partial charge in [0.25, 0.3) is 0 Å². The maximum absolute atomic E-state index is 12.5. The van der Waals surface area contributed by atoms with Crippen molar-refractivity contribution in [1.82, 2.24) is 10.6 Å². The highest BCUT2D eigenvalue weighted by atomic mass is 35.5. The van der Waals surface area contributed by atoms with Gasteiger partial charge in [0.1, 0.15) is 5.75 Å². The third-order valence-corrected chi connectivity index (χ3v) is 4.09. The first kappa shape index (κ1) is 23.4. The van der Waals surface area contributed by atoms with Gasteiger partial charge < -0.3 is 20.8 Å². The quantitative estimate of drug-likeness (QED) is 0.807. The molecule has 0 radical (unpaired) electrons. The zero-order chi connectivity index (χ0) is 16.8. The molecular weight excluding hydrogens is 340 g/mol. The molecule has 1 aromatic carbocycles. The molecular formula is C19H31ClN2O3. The van der Waals surface area contributed by atoms with Gasteiger partial charge in [-0.2, -0.15) is 0 Å². The van der Waals surface area contributed by atoms with E-state index in [1.165, 1.54) is 5.57 Å². The summed E-state index contributed by atoms with van der Waals surface area (Å²) in [5, 5.41) is 6.51. The number of benzene rings is 1. The number of halogens is 1. The van der Waals surface area contributed by atoms with Crippen LogP contribution in [-0.2, 0) is 4.79 Å². The molecule has 4 N–H and O–H groups in total. The SMILES string of the molecule is COc1ccc(C2=C(CC(C)NC(C)C)C(=O)NCCC2)cc1.Cl.O. The molecule has 0 saturated heterocycles. The highest BCUT2D eigenvalue weighted by molar-refractivity contribution is 6.01. The Kier molecular flexibility index (Phi) is 10.4. The molecule has 1 aliphatic rings. The van der Waals surface area contributed by atoms with Crippen LogP contribution in [0.1, 0.15) is 45.6 Å². The lowest BCUT2D eigenvalue weighted by Gasteiger charge is -2.20. The summed E-state index contributed by atoms with van der Waals surface area (Å²) in [4.78, 5) is 12.5. The van der Waals surface area contributed by atoms with Crippen molar-refractivity contribution in [3.63, 3.8) is 0 Å². The summed E-state index contributed by atoms with van der Waals surface area (Å²) in [7, 11) is 1.66. The first-order chi connectivity index (χ1) is 11.0. The van der Waals surface area contributed by atoms with Crippen LogP contribution >= 0.6 is 12.4 Å². The fraction of sp³-hybridized carbons (Fsp3) is 0.526. The number of allylic oxidation sites excluding steroid dienone is 1. The molecule has 0 bridgehead atoms. The first-order valence-corrected chi connectivity index (χ1v) is 8.42. The van der Waals surface area contributed by atoms with Crippen molar-refractivity contribution in [2.24, 2.45) is 0 Å². The minimum Gasteiger partial charge on any atom is -0.497 e. The van der Waals surface area contributed by atoms with E-state index in [1.807, 2.05) is 24.3 Å². The Morgan fingerprint density at radius 1 is 1.20 bits per heavy atom. The molecule has 142 valence electrons. The van der Waals surface area contributed by atoms with Crippen molar-refractivity contribution in [2.75, 3.05) is 13.7 Å². The van der Waals surface area contributed by atoms with Crippen molar-refractivity contribution < 1.29 is 15.0 Å². The van der Waals surface area contributed by atoms with Gasteiger partial charge in [0.05, 0.1) is 7.11 Å². The molecule has 25 heavy (non-hydrogen) atoms. The van der Waals surface area contributed by atoms with Crippen LogP contribution in [0.5, 0.6) is 5.75 Å². The Hall–Kier alpha value is -1.56. The smallest absolute Gasteiger partial charge is 0.247 e. The Morgan fingerprint density at radius 2 is 1.84 bits per heavy atom. The number of carbonyl (C=O) groups excluding carboxylic acids is 1. The summed E-state index contributed by atoms with van der Waals surface area (Å²) in [6.45, 7) is 7.13.